The Morgan fingerprint density at radius 3 is 2.36 bits per heavy atom. The molecule has 0 aliphatic heterocycles. The van der Waals surface area contributed by atoms with Crippen LogP contribution in [0.4, 0.5) is 0 Å². The first kappa shape index (κ1) is 10.7. The zero-order valence-corrected chi connectivity index (χ0v) is 7.71. The molecule has 0 aliphatic carbocycles. The smallest absolute Gasteiger partial charge is 0.423 e. The molecule has 5 heteroatoms. The van der Waals surface area contributed by atoms with E-state index < -0.39 is 7.12 Å². The summed E-state index contributed by atoms with van der Waals surface area (Å²) in [5.74, 6) is 0. The van der Waals surface area contributed by atoms with Gasteiger partial charge >= 0.3 is 7.12 Å². The number of nitrogens with zero attached hydrogens (tertiary/aromatic N) is 1. The Morgan fingerprint density at radius 2 is 1.93 bits per heavy atom. The zero-order valence-electron chi connectivity index (χ0n) is 7.71. The van der Waals surface area contributed by atoms with Crippen molar-refractivity contribution in [2.45, 2.75) is 13.0 Å². The van der Waals surface area contributed by atoms with Crippen molar-refractivity contribution < 1.29 is 14.8 Å². The lowest BCUT2D eigenvalue weighted by molar-refractivity contribution is 0.426. The first-order valence-electron chi connectivity index (χ1n) is 4.18. The molecule has 1 unspecified atom stereocenters. The van der Waals surface area contributed by atoms with Crippen molar-refractivity contribution in [2.24, 2.45) is 4.99 Å². The standard InChI is InChI=1S/C9H10BNO3/c1-7(11-6-12)8-2-4-9(5-3-8)10(13)14/h2-5,7,13-14H,1H3. The Kier molecular flexibility index (Phi) is 3.59. The van der Waals surface area contributed by atoms with Crippen LogP contribution in [-0.2, 0) is 4.79 Å². The van der Waals surface area contributed by atoms with E-state index in [2.05, 4.69) is 4.99 Å². The molecule has 0 radical (unpaired) electrons. The van der Waals surface area contributed by atoms with Crippen LogP contribution < -0.4 is 5.46 Å². The van der Waals surface area contributed by atoms with Crippen molar-refractivity contribution >= 4 is 18.7 Å². The van der Waals surface area contributed by atoms with Gasteiger partial charge in [0.2, 0.25) is 6.08 Å². The van der Waals surface area contributed by atoms with Gasteiger partial charge in [-0.3, -0.25) is 0 Å². The second-order valence-electron chi connectivity index (χ2n) is 2.94. The van der Waals surface area contributed by atoms with E-state index in [0.717, 1.165) is 5.56 Å². The van der Waals surface area contributed by atoms with Crippen LogP contribution in [0.1, 0.15) is 18.5 Å². The van der Waals surface area contributed by atoms with Crippen LogP contribution in [0.5, 0.6) is 0 Å². The van der Waals surface area contributed by atoms with Crippen LogP contribution in [-0.4, -0.2) is 23.2 Å². The van der Waals surface area contributed by atoms with Crippen LogP contribution in [0.15, 0.2) is 29.3 Å². The summed E-state index contributed by atoms with van der Waals surface area (Å²) in [5, 5.41) is 17.7. The summed E-state index contributed by atoms with van der Waals surface area (Å²) in [5.41, 5.74) is 1.24. The summed E-state index contributed by atoms with van der Waals surface area (Å²) in [6, 6.07) is 6.30. The number of benzene rings is 1. The summed E-state index contributed by atoms with van der Waals surface area (Å²) in [6.07, 6.45) is 1.48. The number of hydrogen-bond donors (Lipinski definition) is 2. The SMILES string of the molecule is CC(N=C=O)c1ccc(B(O)O)cc1. The minimum atomic E-state index is -1.46. The lowest BCUT2D eigenvalue weighted by Crippen LogP contribution is -2.29. The molecule has 0 heterocycles. The van der Waals surface area contributed by atoms with Crippen LogP contribution in [0, 0.1) is 0 Å². The van der Waals surface area contributed by atoms with E-state index in [1.54, 1.807) is 31.2 Å². The molecule has 0 bridgehead atoms. The molecule has 4 nitrogen and oxygen atoms in total. The number of carbonyl (C=O) groups excluding carboxylic acids is 1. The monoisotopic (exact) mass is 191 g/mol. The van der Waals surface area contributed by atoms with Gasteiger partial charge in [0.05, 0.1) is 6.04 Å². The number of rotatable bonds is 3. The fraction of sp³-hybridized carbons (Fsp3) is 0.222. The Balaban J connectivity index is 2.87. The fourth-order valence-electron chi connectivity index (χ4n) is 1.10. The maximum atomic E-state index is 9.99. The topological polar surface area (TPSA) is 69.9 Å². The molecular weight excluding hydrogens is 181 g/mol. The summed E-state index contributed by atoms with van der Waals surface area (Å²) in [4.78, 5) is 13.5. The molecule has 0 spiro atoms. The lowest BCUT2D eigenvalue weighted by atomic mass is 9.80. The van der Waals surface area contributed by atoms with E-state index in [1.807, 2.05) is 0 Å². The van der Waals surface area contributed by atoms with Crippen molar-refractivity contribution in [3.8, 4) is 0 Å². The van der Waals surface area contributed by atoms with E-state index in [0.29, 0.717) is 5.46 Å². The molecule has 2 N–H and O–H groups in total. The highest BCUT2D eigenvalue weighted by atomic mass is 16.4. The lowest BCUT2D eigenvalue weighted by Gasteiger charge is -2.05. The normalized spacial score (nSPS) is 11.6. The molecule has 1 aromatic carbocycles. The van der Waals surface area contributed by atoms with Gasteiger partial charge in [0.15, 0.2) is 0 Å². The third-order valence-corrected chi connectivity index (χ3v) is 1.96. The Morgan fingerprint density at radius 1 is 1.36 bits per heavy atom. The second kappa shape index (κ2) is 4.72. The Hall–Kier alpha value is -1.42. The van der Waals surface area contributed by atoms with Gasteiger partial charge in [-0.25, -0.2) is 4.79 Å². The Labute approximate surface area is 82.1 Å². The van der Waals surface area contributed by atoms with Gasteiger partial charge in [0.1, 0.15) is 0 Å². The maximum Gasteiger partial charge on any atom is 0.488 e. The number of aliphatic imine (C=N–C) groups is 1. The van der Waals surface area contributed by atoms with Crippen molar-refractivity contribution in [3.63, 3.8) is 0 Å². The first-order valence-corrected chi connectivity index (χ1v) is 4.18. The summed E-state index contributed by atoms with van der Waals surface area (Å²) in [6.45, 7) is 1.76. The first-order chi connectivity index (χ1) is 6.65. The third-order valence-electron chi connectivity index (χ3n) is 1.96. The van der Waals surface area contributed by atoms with Crippen molar-refractivity contribution in [2.75, 3.05) is 0 Å². The highest BCUT2D eigenvalue weighted by molar-refractivity contribution is 6.58. The van der Waals surface area contributed by atoms with Gasteiger partial charge in [-0.05, 0) is 17.9 Å². The van der Waals surface area contributed by atoms with Crippen LogP contribution in [0.3, 0.4) is 0 Å². The summed E-state index contributed by atoms with van der Waals surface area (Å²) in [7, 11) is -1.46. The number of hydrogen-bond acceptors (Lipinski definition) is 4. The molecule has 1 atom stereocenters. The molecule has 14 heavy (non-hydrogen) atoms. The average molecular weight is 191 g/mol. The quantitative estimate of drug-likeness (QED) is 0.393. The fourth-order valence-corrected chi connectivity index (χ4v) is 1.10. The second-order valence-corrected chi connectivity index (χ2v) is 2.94. The number of isocyanates is 1. The van der Waals surface area contributed by atoms with E-state index in [1.165, 1.54) is 6.08 Å². The van der Waals surface area contributed by atoms with Gasteiger partial charge in [-0.2, -0.15) is 4.99 Å². The van der Waals surface area contributed by atoms with E-state index >= 15 is 0 Å². The predicted molar refractivity (Wildman–Crippen MR) is 52.8 cm³/mol. The van der Waals surface area contributed by atoms with Gasteiger partial charge in [-0.1, -0.05) is 24.3 Å². The van der Waals surface area contributed by atoms with Crippen molar-refractivity contribution in [1.29, 1.82) is 0 Å². The minimum absolute atomic E-state index is 0.252. The van der Waals surface area contributed by atoms with Crippen LogP contribution in [0.25, 0.3) is 0 Å². The van der Waals surface area contributed by atoms with Crippen molar-refractivity contribution in [3.05, 3.63) is 29.8 Å². The molecule has 0 aliphatic rings. The zero-order chi connectivity index (χ0) is 10.6. The van der Waals surface area contributed by atoms with Gasteiger partial charge in [0.25, 0.3) is 0 Å². The Bertz CT molecular complexity index is 344. The van der Waals surface area contributed by atoms with Crippen LogP contribution in [0.2, 0.25) is 0 Å². The molecule has 0 aromatic heterocycles. The molecule has 1 rings (SSSR count). The molecule has 72 valence electrons. The van der Waals surface area contributed by atoms with Gasteiger partial charge < -0.3 is 10.0 Å². The van der Waals surface area contributed by atoms with E-state index in [-0.39, 0.29) is 6.04 Å². The summed E-state index contributed by atoms with van der Waals surface area (Å²) >= 11 is 0. The minimum Gasteiger partial charge on any atom is -0.423 e. The van der Waals surface area contributed by atoms with E-state index in [4.69, 9.17) is 10.0 Å². The maximum absolute atomic E-state index is 9.99. The predicted octanol–water partition coefficient (Wildman–Crippen LogP) is -0.237. The molecule has 0 saturated heterocycles. The third kappa shape index (κ3) is 2.54. The summed E-state index contributed by atoms with van der Waals surface area (Å²) < 4.78 is 0. The van der Waals surface area contributed by atoms with Crippen molar-refractivity contribution in [1.82, 2.24) is 0 Å². The average Bonchev–Trinajstić information content (AvgIpc) is 2.18. The molecule has 0 fully saturated rings. The van der Waals surface area contributed by atoms with Gasteiger partial charge in [-0.15, -0.1) is 0 Å². The van der Waals surface area contributed by atoms with Crippen LogP contribution >= 0.6 is 0 Å². The van der Waals surface area contributed by atoms with E-state index in [9.17, 15) is 4.79 Å². The molecule has 0 saturated carbocycles. The highest BCUT2D eigenvalue weighted by Gasteiger charge is 2.10. The molecule has 1 aromatic rings. The largest absolute Gasteiger partial charge is 0.488 e. The van der Waals surface area contributed by atoms with Gasteiger partial charge in [0, 0.05) is 0 Å². The highest BCUT2D eigenvalue weighted by Crippen LogP contribution is 2.13. The molecule has 0 amide bonds. The molecular formula is C9H10BNO3.